The van der Waals surface area contributed by atoms with Gasteiger partial charge >= 0.3 is 162 Å². The van der Waals surface area contributed by atoms with Gasteiger partial charge in [-0.25, -0.2) is 0 Å². The van der Waals surface area contributed by atoms with Crippen molar-refractivity contribution in [2.45, 2.75) is 6.42 Å². The molecule has 3 heterocycles. The molecule has 120 valence electrons. The minimum atomic E-state index is -2.50. The van der Waals surface area contributed by atoms with Gasteiger partial charge in [-0.3, -0.25) is 0 Å². The van der Waals surface area contributed by atoms with Crippen molar-refractivity contribution in [1.82, 2.24) is 5.32 Å². The Balaban J connectivity index is 1.60. The van der Waals surface area contributed by atoms with Crippen LogP contribution in [-0.2, 0) is 11.2 Å². The Kier molecular flexibility index (Phi) is 3.66. The molecule has 1 N–H and O–H groups in total. The summed E-state index contributed by atoms with van der Waals surface area (Å²) < 4.78 is 4.10. The first-order valence-electron chi connectivity index (χ1n) is 7.97. The molecular formula is C19H11ClInNO2S. The van der Waals surface area contributed by atoms with E-state index >= 15 is 0 Å². The topological polar surface area (TPSA) is 46.2 Å². The molecule has 0 saturated carbocycles. The van der Waals surface area contributed by atoms with Gasteiger partial charge in [-0.1, -0.05) is 0 Å². The predicted octanol–water partition coefficient (Wildman–Crippen LogP) is 3.47. The molecule has 0 atom stereocenters. The number of imide groups is 1. The van der Waals surface area contributed by atoms with E-state index in [9.17, 15) is 9.59 Å². The molecule has 5 rings (SSSR count). The maximum atomic E-state index is 12.3. The van der Waals surface area contributed by atoms with Gasteiger partial charge in [0.25, 0.3) is 0 Å². The number of halogens is 1. The molecule has 1 saturated heterocycles. The Morgan fingerprint density at radius 1 is 1.08 bits per heavy atom. The zero-order valence-electron chi connectivity index (χ0n) is 13.0. The van der Waals surface area contributed by atoms with Crippen molar-refractivity contribution in [3.8, 4) is 0 Å². The number of hydrogen-bond donors (Lipinski definition) is 1. The summed E-state index contributed by atoms with van der Waals surface area (Å²) in [6.07, 6.45) is 3.21. The van der Waals surface area contributed by atoms with Crippen LogP contribution in [0.3, 0.4) is 0 Å². The van der Waals surface area contributed by atoms with Crippen molar-refractivity contribution in [1.29, 1.82) is 0 Å². The van der Waals surface area contributed by atoms with E-state index in [4.69, 9.17) is 11.6 Å². The third-order valence-corrected chi connectivity index (χ3v) is 16.4. The Hall–Kier alpha value is -1.43. The molecule has 0 aromatic heterocycles. The summed E-state index contributed by atoms with van der Waals surface area (Å²) in [6.45, 7) is 0. The van der Waals surface area contributed by atoms with Gasteiger partial charge < -0.3 is 0 Å². The van der Waals surface area contributed by atoms with Crippen molar-refractivity contribution >= 4 is 68.7 Å². The fraction of sp³-hybridized carbons (Fsp3) is 0.0526. The summed E-state index contributed by atoms with van der Waals surface area (Å²) >= 11 is 4.56. The molecule has 1 fully saturated rings. The van der Waals surface area contributed by atoms with Crippen LogP contribution in [0.25, 0.3) is 9.41 Å². The van der Waals surface area contributed by atoms with Crippen molar-refractivity contribution < 1.29 is 9.59 Å². The van der Waals surface area contributed by atoms with Gasteiger partial charge in [0.05, 0.1) is 0 Å². The van der Waals surface area contributed by atoms with Crippen LogP contribution in [0.5, 0.6) is 0 Å². The number of hydrogen-bond acceptors (Lipinski definition) is 3. The number of nitrogens with one attached hydrogen (secondary N) is 1. The van der Waals surface area contributed by atoms with Crippen LogP contribution in [0.2, 0.25) is 5.02 Å². The number of benzene rings is 2. The molecule has 3 aliphatic heterocycles. The summed E-state index contributed by atoms with van der Waals surface area (Å²) in [5, 5.41) is 2.89. The Bertz CT molecular complexity index is 1030. The van der Waals surface area contributed by atoms with Gasteiger partial charge in [0.2, 0.25) is 0 Å². The van der Waals surface area contributed by atoms with Crippen LogP contribution < -0.4 is 8.64 Å². The van der Waals surface area contributed by atoms with E-state index in [1.165, 1.54) is 26.7 Å². The number of amides is 2. The Morgan fingerprint density at radius 2 is 1.88 bits per heavy atom. The zero-order chi connectivity index (χ0) is 17.1. The molecule has 25 heavy (non-hydrogen) atoms. The molecule has 3 aliphatic rings. The molecular weight excluding hydrogens is 457 g/mol. The van der Waals surface area contributed by atoms with Crippen molar-refractivity contribution in [2.24, 2.45) is 0 Å². The first-order valence-corrected chi connectivity index (χ1v) is 14.1. The van der Waals surface area contributed by atoms with E-state index in [-0.39, 0.29) is 11.1 Å². The van der Waals surface area contributed by atoms with E-state index in [1.807, 2.05) is 12.1 Å². The van der Waals surface area contributed by atoms with E-state index in [0.29, 0.717) is 4.91 Å². The van der Waals surface area contributed by atoms with Crippen LogP contribution in [0.1, 0.15) is 16.7 Å². The second-order valence-electron chi connectivity index (χ2n) is 6.35. The molecule has 0 unspecified atom stereocenters. The summed E-state index contributed by atoms with van der Waals surface area (Å²) in [6, 6.07) is 14.3. The third kappa shape index (κ3) is 2.44. The Labute approximate surface area is 161 Å². The number of allylic oxidation sites excluding steroid dienone is 1. The van der Waals surface area contributed by atoms with Crippen molar-refractivity contribution in [2.75, 3.05) is 0 Å². The van der Waals surface area contributed by atoms with Gasteiger partial charge in [0.1, 0.15) is 0 Å². The molecule has 3 nitrogen and oxygen atoms in total. The molecule has 4 bridgehead atoms. The minimum absolute atomic E-state index is 0.229. The van der Waals surface area contributed by atoms with Crippen LogP contribution in [0.15, 0.2) is 50.7 Å². The standard InChI is InChI=1S/C19H11ClNO2S.In/c20-16-10-8-13(9-11-16)4-3-7-14-5-1-2-6-15(14)12-17-18(22)21-19(23)24-17;/h1-2,6-11H,4H2,(H,21,22,23);. The second kappa shape index (κ2) is 5.79. The van der Waals surface area contributed by atoms with E-state index in [2.05, 4.69) is 41.7 Å². The van der Waals surface area contributed by atoms with Crippen molar-refractivity contribution in [3.63, 3.8) is 0 Å². The summed E-state index contributed by atoms with van der Waals surface area (Å²) in [7, 11) is 0. The summed E-state index contributed by atoms with van der Waals surface area (Å²) in [5.41, 5.74) is 3.69. The number of thioether (sulfide) groups is 1. The first kappa shape index (κ1) is 15.8. The van der Waals surface area contributed by atoms with Crippen LogP contribution in [0, 0.1) is 0 Å². The maximum absolute atomic E-state index is 12.3. The van der Waals surface area contributed by atoms with Gasteiger partial charge in [-0.15, -0.1) is 0 Å². The number of rotatable bonds is 2. The average molecular weight is 468 g/mol. The van der Waals surface area contributed by atoms with Crippen molar-refractivity contribution in [3.05, 3.63) is 72.4 Å². The third-order valence-electron chi connectivity index (χ3n) is 4.91. The predicted molar refractivity (Wildman–Crippen MR) is 103 cm³/mol. The first-order chi connectivity index (χ1) is 12.1. The normalized spacial score (nSPS) is 20.4. The zero-order valence-corrected chi connectivity index (χ0v) is 17.9. The fourth-order valence-corrected chi connectivity index (χ4v) is 16.5. The fourth-order valence-electron chi connectivity index (χ4n) is 3.93. The van der Waals surface area contributed by atoms with E-state index in [1.54, 1.807) is 0 Å². The van der Waals surface area contributed by atoms with E-state index in [0.717, 1.165) is 23.2 Å². The molecule has 0 radical (unpaired) electrons. The molecule has 0 aliphatic carbocycles. The van der Waals surface area contributed by atoms with Gasteiger partial charge in [0, 0.05) is 0 Å². The SMILES string of the molecule is O=C1NC(=O)/C(=[C]2\c3ccc[c]4c3C=[C](Cc3ccc(Cl)cc3)[In]24)S1. The summed E-state index contributed by atoms with van der Waals surface area (Å²) in [4.78, 5) is 24.6. The molecule has 2 amide bonds. The van der Waals surface area contributed by atoms with E-state index < -0.39 is 21.4 Å². The molecule has 2 aromatic rings. The Morgan fingerprint density at radius 3 is 2.56 bits per heavy atom. The van der Waals surface area contributed by atoms with Crippen LogP contribution >= 0.6 is 23.4 Å². The van der Waals surface area contributed by atoms with Crippen LogP contribution in [-0.4, -0.2) is 32.6 Å². The quantitative estimate of drug-likeness (QED) is 0.688. The summed E-state index contributed by atoms with van der Waals surface area (Å²) in [5.74, 6) is -0.229. The molecule has 0 spiro atoms. The van der Waals surface area contributed by atoms with Gasteiger partial charge in [-0.2, -0.15) is 0 Å². The number of carbonyl (C=O) groups is 2. The number of carbonyl (C=O) groups excluding carboxylic acids is 2. The second-order valence-corrected chi connectivity index (χ2v) is 15.8. The average Bonchev–Trinajstić information content (AvgIpc) is 3.15. The van der Waals surface area contributed by atoms with Gasteiger partial charge in [-0.05, 0) is 0 Å². The monoisotopic (exact) mass is 467 g/mol. The molecule has 2 aromatic carbocycles. The van der Waals surface area contributed by atoms with Crippen LogP contribution in [0.4, 0.5) is 4.79 Å². The van der Waals surface area contributed by atoms with Gasteiger partial charge in [0.15, 0.2) is 0 Å². The molecule has 6 heteroatoms.